The van der Waals surface area contributed by atoms with Gasteiger partial charge >= 0.3 is 0 Å². The van der Waals surface area contributed by atoms with E-state index in [2.05, 4.69) is 20.2 Å². The Balaban J connectivity index is 1.56. The molecule has 0 fully saturated rings. The molecular weight excluding hydrogens is 420 g/mol. The molecule has 2 aromatic carbocycles. The molecule has 0 bridgehead atoms. The van der Waals surface area contributed by atoms with Crippen LogP contribution in [-0.4, -0.2) is 31.1 Å². The van der Waals surface area contributed by atoms with Gasteiger partial charge < -0.3 is 0 Å². The van der Waals surface area contributed by atoms with Crippen LogP contribution in [0, 0.1) is 0 Å². The number of anilines is 1. The van der Waals surface area contributed by atoms with E-state index in [1.165, 1.54) is 0 Å². The van der Waals surface area contributed by atoms with Gasteiger partial charge in [-0.1, -0.05) is 65.4 Å². The molecule has 1 amide bonds. The molecule has 1 heterocycles. The molecule has 0 spiro atoms. The van der Waals surface area contributed by atoms with Gasteiger partial charge in [-0.3, -0.25) is 10.1 Å². The fourth-order valence-corrected chi connectivity index (χ4v) is 4.62. The molecule has 0 radical (unpaired) electrons. The average molecular weight is 437 g/mol. The molecule has 0 unspecified atom stereocenters. The Bertz CT molecular complexity index is 1060. The third-order valence-electron chi connectivity index (χ3n) is 3.75. The number of aromatic nitrogens is 2. The maximum absolute atomic E-state index is 12.3. The van der Waals surface area contributed by atoms with Crippen molar-refractivity contribution in [1.82, 2.24) is 14.9 Å². The lowest BCUT2D eigenvalue weighted by molar-refractivity contribution is 0.102. The van der Waals surface area contributed by atoms with Crippen molar-refractivity contribution in [2.24, 2.45) is 0 Å². The van der Waals surface area contributed by atoms with E-state index in [0.29, 0.717) is 6.42 Å². The topological polar surface area (TPSA) is 101 Å². The summed E-state index contributed by atoms with van der Waals surface area (Å²) in [6.45, 7) is 0.276. The van der Waals surface area contributed by atoms with E-state index in [1.54, 1.807) is 24.3 Å². The van der Waals surface area contributed by atoms with Crippen LogP contribution in [0.25, 0.3) is 0 Å². The van der Waals surface area contributed by atoms with Crippen LogP contribution >= 0.6 is 22.9 Å². The number of halogens is 1. The molecule has 7 nitrogen and oxygen atoms in total. The minimum absolute atomic E-state index is 0.0783. The molecule has 3 aromatic rings. The molecule has 3 rings (SSSR count). The SMILES string of the molecule is O=C(Nc1nnc(S(=O)(=O)NCCCc2ccccc2)s1)c1ccccc1Cl. The van der Waals surface area contributed by atoms with E-state index in [-0.39, 0.29) is 26.6 Å². The minimum Gasteiger partial charge on any atom is -0.296 e. The van der Waals surface area contributed by atoms with Crippen LogP contribution < -0.4 is 10.0 Å². The van der Waals surface area contributed by atoms with Gasteiger partial charge in [0.15, 0.2) is 0 Å². The molecule has 1 aromatic heterocycles. The van der Waals surface area contributed by atoms with Crippen LogP contribution in [0.2, 0.25) is 5.02 Å². The number of aryl methyl sites for hydroxylation is 1. The molecule has 146 valence electrons. The molecule has 0 atom stereocenters. The summed E-state index contributed by atoms with van der Waals surface area (Å²) in [5, 5.41) is 10.3. The molecule has 10 heteroatoms. The molecule has 28 heavy (non-hydrogen) atoms. The van der Waals surface area contributed by atoms with Crippen molar-refractivity contribution in [2.75, 3.05) is 11.9 Å². The van der Waals surface area contributed by atoms with Crippen LogP contribution in [0.4, 0.5) is 5.13 Å². The third-order valence-corrected chi connectivity index (χ3v) is 6.75. The maximum Gasteiger partial charge on any atom is 0.269 e. The zero-order valence-corrected chi connectivity index (χ0v) is 17.0. The van der Waals surface area contributed by atoms with Crippen LogP contribution in [0.5, 0.6) is 0 Å². The van der Waals surface area contributed by atoms with E-state index in [1.807, 2.05) is 30.3 Å². The smallest absolute Gasteiger partial charge is 0.269 e. The normalized spacial score (nSPS) is 11.3. The summed E-state index contributed by atoms with van der Waals surface area (Å²) in [5.41, 5.74) is 1.41. The van der Waals surface area contributed by atoms with Gasteiger partial charge in [-0.05, 0) is 30.5 Å². The summed E-state index contributed by atoms with van der Waals surface area (Å²) in [5.74, 6) is -0.485. The maximum atomic E-state index is 12.3. The molecule has 0 aliphatic carbocycles. The number of carbonyl (C=O) groups excluding carboxylic acids is 1. The van der Waals surface area contributed by atoms with Crippen molar-refractivity contribution in [3.05, 3.63) is 70.7 Å². The Hall–Kier alpha value is -2.33. The van der Waals surface area contributed by atoms with Crippen molar-refractivity contribution in [1.29, 1.82) is 0 Å². The van der Waals surface area contributed by atoms with Crippen molar-refractivity contribution in [3.8, 4) is 0 Å². The Morgan fingerprint density at radius 1 is 1.04 bits per heavy atom. The number of rotatable bonds is 8. The predicted octanol–water partition coefficient (Wildman–Crippen LogP) is 3.35. The number of amides is 1. The number of sulfonamides is 1. The van der Waals surface area contributed by atoms with E-state index in [9.17, 15) is 13.2 Å². The highest BCUT2D eigenvalue weighted by Crippen LogP contribution is 2.22. The molecule has 0 saturated heterocycles. The largest absolute Gasteiger partial charge is 0.296 e. The second-order valence-corrected chi connectivity index (χ2v) is 9.12. The fraction of sp³-hybridized carbons (Fsp3) is 0.167. The summed E-state index contributed by atoms with van der Waals surface area (Å²) in [4.78, 5) is 12.2. The Morgan fingerprint density at radius 2 is 1.75 bits per heavy atom. The standard InChI is InChI=1S/C18H17ClN4O3S2/c19-15-11-5-4-10-14(15)16(24)21-17-22-23-18(27-17)28(25,26)20-12-6-9-13-7-2-1-3-8-13/h1-5,7-8,10-11,20H,6,9,12H2,(H,21,22,24). The quantitative estimate of drug-likeness (QED) is 0.416. The van der Waals surface area contributed by atoms with Crippen molar-refractivity contribution in [2.45, 2.75) is 17.2 Å². The average Bonchev–Trinajstić information content (AvgIpc) is 3.16. The first kappa shape index (κ1) is 20.4. The summed E-state index contributed by atoms with van der Waals surface area (Å²) in [6.07, 6.45) is 1.41. The Kier molecular flexibility index (Phi) is 6.74. The van der Waals surface area contributed by atoms with Gasteiger partial charge in [0.2, 0.25) is 9.47 Å². The second-order valence-electron chi connectivity index (χ2n) is 5.79. The van der Waals surface area contributed by atoms with Crippen molar-refractivity contribution < 1.29 is 13.2 Å². The highest BCUT2D eigenvalue weighted by molar-refractivity contribution is 7.91. The van der Waals surface area contributed by atoms with Crippen LogP contribution in [-0.2, 0) is 16.4 Å². The van der Waals surface area contributed by atoms with Crippen LogP contribution in [0.15, 0.2) is 58.9 Å². The molecule has 0 saturated carbocycles. The zero-order valence-electron chi connectivity index (χ0n) is 14.6. The predicted molar refractivity (Wildman–Crippen MR) is 109 cm³/mol. The fourth-order valence-electron chi connectivity index (χ4n) is 2.38. The number of hydrogen-bond acceptors (Lipinski definition) is 6. The van der Waals surface area contributed by atoms with Gasteiger partial charge in [0.25, 0.3) is 15.9 Å². The third kappa shape index (κ3) is 5.35. The van der Waals surface area contributed by atoms with E-state index in [4.69, 9.17) is 11.6 Å². The Morgan fingerprint density at radius 3 is 2.50 bits per heavy atom. The lowest BCUT2D eigenvalue weighted by Crippen LogP contribution is -2.25. The highest BCUT2D eigenvalue weighted by Gasteiger charge is 2.21. The zero-order chi connectivity index (χ0) is 20.0. The van der Waals surface area contributed by atoms with Gasteiger partial charge in [-0.25, -0.2) is 13.1 Å². The van der Waals surface area contributed by atoms with E-state index in [0.717, 1.165) is 23.3 Å². The number of carbonyl (C=O) groups is 1. The Labute approximate surface area is 171 Å². The summed E-state index contributed by atoms with van der Waals surface area (Å²) in [7, 11) is -3.78. The number of nitrogens with one attached hydrogen (secondary N) is 2. The molecule has 0 aliphatic heterocycles. The number of benzene rings is 2. The van der Waals surface area contributed by atoms with E-state index < -0.39 is 15.9 Å². The van der Waals surface area contributed by atoms with E-state index >= 15 is 0 Å². The lowest BCUT2D eigenvalue weighted by atomic mass is 10.1. The number of hydrogen-bond donors (Lipinski definition) is 2. The highest BCUT2D eigenvalue weighted by atomic mass is 35.5. The van der Waals surface area contributed by atoms with Gasteiger partial charge in [0, 0.05) is 6.54 Å². The monoisotopic (exact) mass is 436 g/mol. The van der Waals surface area contributed by atoms with Crippen molar-refractivity contribution in [3.63, 3.8) is 0 Å². The first-order valence-electron chi connectivity index (χ1n) is 8.39. The molecule has 2 N–H and O–H groups in total. The first-order valence-corrected chi connectivity index (χ1v) is 11.1. The summed E-state index contributed by atoms with van der Waals surface area (Å²) in [6, 6.07) is 16.3. The van der Waals surface area contributed by atoms with Crippen molar-refractivity contribution >= 4 is 44.0 Å². The second kappa shape index (κ2) is 9.24. The van der Waals surface area contributed by atoms with Gasteiger partial charge in [0.1, 0.15) is 0 Å². The summed E-state index contributed by atoms with van der Waals surface area (Å²) >= 11 is 6.75. The van der Waals surface area contributed by atoms with Gasteiger partial charge in [-0.2, -0.15) is 0 Å². The van der Waals surface area contributed by atoms with Crippen LogP contribution in [0.3, 0.4) is 0 Å². The minimum atomic E-state index is -3.78. The first-order chi connectivity index (χ1) is 13.5. The molecule has 0 aliphatic rings. The summed E-state index contributed by atoms with van der Waals surface area (Å²) < 4.78 is 27.0. The number of nitrogens with zero attached hydrogens (tertiary/aromatic N) is 2. The molecular formula is C18H17ClN4O3S2. The lowest BCUT2D eigenvalue weighted by Gasteiger charge is -2.04. The van der Waals surface area contributed by atoms with Gasteiger partial charge in [-0.15, -0.1) is 10.2 Å². The van der Waals surface area contributed by atoms with Crippen LogP contribution in [0.1, 0.15) is 22.3 Å². The van der Waals surface area contributed by atoms with Gasteiger partial charge in [0.05, 0.1) is 10.6 Å².